The van der Waals surface area contributed by atoms with Gasteiger partial charge in [-0.15, -0.1) is 0 Å². The summed E-state index contributed by atoms with van der Waals surface area (Å²) in [7, 11) is 0. The Morgan fingerprint density at radius 3 is 2.71 bits per heavy atom. The molecule has 0 aromatic rings. The Labute approximate surface area is 105 Å². The molecule has 0 heterocycles. The van der Waals surface area contributed by atoms with E-state index in [1.807, 2.05) is 18.6 Å². The summed E-state index contributed by atoms with van der Waals surface area (Å²) in [6.45, 7) is 1.36. The molecule has 98 valence electrons. The molecule has 3 nitrogen and oxygen atoms in total. The normalized spacial score (nSPS) is 24.4. The molecule has 0 bridgehead atoms. The van der Waals surface area contributed by atoms with Crippen LogP contribution in [0, 0.1) is 5.41 Å². The summed E-state index contributed by atoms with van der Waals surface area (Å²) in [5.74, 6) is 0.441. The third-order valence-electron chi connectivity index (χ3n) is 2.81. The van der Waals surface area contributed by atoms with Crippen LogP contribution in [0.1, 0.15) is 26.2 Å². The molecule has 1 aliphatic carbocycles. The van der Waals surface area contributed by atoms with E-state index in [4.69, 9.17) is 8.92 Å². The molecular formula is C12H20FO3S+. The second-order valence-electron chi connectivity index (χ2n) is 4.33. The van der Waals surface area contributed by atoms with Crippen LogP contribution in [0.4, 0.5) is 4.39 Å². The van der Waals surface area contributed by atoms with E-state index in [-0.39, 0.29) is 11.2 Å². The van der Waals surface area contributed by atoms with Crippen LogP contribution in [-0.4, -0.2) is 31.8 Å². The molecule has 0 aliphatic heterocycles. The van der Waals surface area contributed by atoms with E-state index < -0.39 is 18.1 Å². The molecule has 0 N–H and O–H groups in total. The highest BCUT2D eigenvalue weighted by Gasteiger charge is 2.42. The number of carbonyl (C=O) groups excluding carboxylic acids is 1. The van der Waals surface area contributed by atoms with Gasteiger partial charge in [0.1, 0.15) is 24.6 Å². The van der Waals surface area contributed by atoms with Crippen LogP contribution in [0.2, 0.25) is 0 Å². The van der Waals surface area contributed by atoms with Gasteiger partial charge in [-0.2, -0.15) is 0 Å². The molecule has 0 amide bonds. The minimum absolute atomic E-state index is 0.132. The first kappa shape index (κ1) is 14.4. The highest BCUT2D eigenvalue weighted by atomic mass is 32.2. The zero-order valence-corrected chi connectivity index (χ0v) is 11.4. The number of hydrogen-bond acceptors (Lipinski definition) is 3. The standard InChI is InChI=1S/C12H20FO3S/c1-4-15-11(14)12(9-13)7-5-10(6-8-12)16-17(2)3/h5H,4,6-9H2,1-3H3/q+1. The molecule has 0 saturated carbocycles. The topological polar surface area (TPSA) is 35.5 Å². The Balaban J connectivity index is 2.68. The van der Waals surface area contributed by atoms with Crippen molar-refractivity contribution in [2.75, 3.05) is 25.8 Å². The zero-order valence-electron chi connectivity index (χ0n) is 10.6. The number of allylic oxidation sites excluding steroid dienone is 2. The molecule has 1 atom stereocenters. The lowest BCUT2D eigenvalue weighted by atomic mass is 9.77. The van der Waals surface area contributed by atoms with Crippen LogP contribution < -0.4 is 0 Å². The minimum atomic E-state index is -0.983. The molecule has 0 aromatic carbocycles. The van der Waals surface area contributed by atoms with E-state index in [0.29, 0.717) is 25.9 Å². The van der Waals surface area contributed by atoms with E-state index in [9.17, 15) is 9.18 Å². The Bertz CT molecular complexity index is 304. The Kier molecular flexibility index (Phi) is 5.31. The van der Waals surface area contributed by atoms with Crippen molar-refractivity contribution in [2.45, 2.75) is 26.2 Å². The lowest BCUT2D eigenvalue weighted by Crippen LogP contribution is -2.36. The number of rotatable bonds is 5. The van der Waals surface area contributed by atoms with Gasteiger partial charge in [0.2, 0.25) is 0 Å². The van der Waals surface area contributed by atoms with Crippen molar-refractivity contribution in [1.29, 1.82) is 0 Å². The summed E-state index contributed by atoms with van der Waals surface area (Å²) in [4.78, 5) is 11.7. The number of ether oxygens (including phenoxy) is 1. The van der Waals surface area contributed by atoms with E-state index in [1.165, 1.54) is 0 Å². The van der Waals surface area contributed by atoms with Gasteiger partial charge in [-0.05, 0) is 25.8 Å². The van der Waals surface area contributed by atoms with E-state index in [0.717, 1.165) is 5.76 Å². The molecule has 5 heteroatoms. The molecule has 0 saturated heterocycles. The second kappa shape index (κ2) is 6.28. The molecule has 1 unspecified atom stereocenters. The molecule has 0 spiro atoms. The lowest BCUT2D eigenvalue weighted by molar-refractivity contribution is -0.157. The van der Waals surface area contributed by atoms with E-state index >= 15 is 0 Å². The van der Waals surface area contributed by atoms with Gasteiger partial charge in [0.25, 0.3) is 0 Å². The van der Waals surface area contributed by atoms with Gasteiger partial charge in [0, 0.05) is 6.42 Å². The Hall–Kier alpha value is -0.710. The van der Waals surface area contributed by atoms with Gasteiger partial charge in [-0.1, -0.05) is 0 Å². The average Bonchev–Trinajstić information content (AvgIpc) is 2.30. The predicted octanol–water partition coefficient (Wildman–Crippen LogP) is 2.38. The summed E-state index contributed by atoms with van der Waals surface area (Å²) < 4.78 is 23.7. The molecule has 0 fully saturated rings. The largest absolute Gasteiger partial charge is 0.465 e. The first-order chi connectivity index (χ1) is 8.04. The first-order valence-electron chi connectivity index (χ1n) is 5.72. The maximum absolute atomic E-state index is 13.1. The van der Waals surface area contributed by atoms with Crippen LogP contribution in [0.3, 0.4) is 0 Å². The minimum Gasteiger partial charge on any atom is -0.465 e. The molecule has 0 radical (unpaired) electrons. The van der Waals surface area contributed by atoms with Crippen molar-refractivity contribution in [2.24, 2.45) is 5.41 Å². The van der Waals surface area contributed by atoms with Crippen LogP contribution >= 0.6 is 0 Å². The third kappa shape index (κ3) is 3.63. The third-order valence-corrected chi connectivity index (χ3v) is 3.36. The number of esters is 1. The second-order valence-corrected chi connectivity index (χ2v) is 5.98. The van der Waals surface area contributed by atoms with Crippen LogP contribution in [0.15, 0.2) is 11.8 Å². The molecular weight excluding hydrogens is 243 g/mol. The monoisotopic (exact) mass is 263 g/mol. The van der Waals surface area contributed by atoms with Crippen LogP contribution in [-0.2, 0) is 24.9 Å². The van der Waals surface area contributed by atoms with Crippen LogP contribution in [0.25, 0.3) is 0 Å². The fraction of sp³-hybridized carbons (Fsp3) is 0.750. The highest BCUT2D eigenvalue weighted by molar-refractivity contribution is 7.91. The van der Waals surface area contributed by atoms with Gasteiger partial charge in [-0.25, -0.2) is 4.39 Å². The number of carbonyl (C=O) groups is 1. The van der Waals surface area contributed by atoms with Gasteiger partial charge in [0.05, 0.1) is 6.61 Å². The van der Waals surface area contributed by atoms with Crippen LogP contribution in [0.5, 0.6) is 0 Å². The number of hydrogen-bond donors (Lipinski definition) is 0. The van der Waals surface area contributed by atoms with Gasteiger partial charge < -0.3 is 4.74 Å². The maximum Gasteiger partial charge on any atom is 0.315 e. The number of alkyl halides is 1. The highest BCUT2D eigenvalue weighted by Crippen LogP contribution is 2.37. The molecule has 0 aromatic heterocycles. The van der Waals surface area contributed by atoms with Gasteiger partial charge >= 0.3 is 5.97 Å². The smallest absolute Gasteiger partial charge is 0.315 e. The average molecular weight is 263 g/mol. The SMILES string of the molecule is CCOC(=O)C1(CF)CC=C(O[S+](C)C)CC1. The summed E-state index contributed by atoms with van der Waals surface area (Å²) in [6, 6.07) is 0. The Morgan fingerprint density at radius 1 is 1.59 bits per heavy atom. The van der Waals surface area contributed by atoms with Gasteiger partial charge in [0.15, 0.2) is 16.9 Å². The Morgan fingerprint density at radius 2 is 2.29 bits per heavy atom. The van der Waals surface area contributed by atoms with Crippen molar-refractivity contribution in [1.82, 2.24) is 0 Å². The summed E-state index contributed by atoms with van der Waals surface area (Å²) in [6.07, 6.45) is 7.22. The lowest BCUT2D eigenvalue weighted by Gasteiger charge is -2.30. The summed E-state index contributed by atoms with van der Waals surface area (Å²) in [5.41, 5.74) is -0.983. The maximum atomic E-state index is 13.1. The van der Waals surface area contributed by atoms with Gasteiger partial charge in [-0.3, -0.25) is 8.98 Å². The fourth-order valence-electron chi connectivity index (χ4n) is 1.81. The molecule has 1 rings (SSSR count). The van der Waals surface area contributed by atoms with E-state index in [2.05, 4.69) is 0 Å². The van der Waals surface area contributed by atoms with Crippen molar-refractivity contribution < 1.29 is 18.1 Å². The summed E-state index contributed by atoms with van der Waals surface area (Å²) >= 11 is -0.132. The summed E-state index contributed by atoms with van der Waals surface area (Å²) in [5, 5.41) is 0. The van der Waals surface area contributed by atoms with Crippen molar-refractivity contribution in [3.63, 3.8) is 0 Å². The van der Waals surface area contributed by atoms with Crippen molar-refractivity contribution >= 4 is 17.1 Å². The fourth-order valence-corrected chi connectivity index (χ4v) is 2.39. The van der Waals surface area contributed by atoms with Crippen molar-refractivity contribution in [3.8, 4) is 0 Å². The first-order valence-corrected chi connectivity index (χ1v) is 7.69. The van der Waals surface area contributed by atoms with E-state index in [1.54, 1.807) is 6.92 Å². The zero-order chi connectivity index (χ0) is 12.9. The predicted molar refractivity (Wildman–Crippen MR) is 67.3 cm³/mol. The molecule has 17 heavy (non-hydrogen) atoms. The quantitative estimate of drug-likeness (QED) is 0.564. The number of halogens is 1. The van der Waals surface area contributed by atoms with Crippen molar-refractivity contribution in [3.05, 3.63) is 11.8 Å². The molecule has 1 aliphatic rings.